The number of aromatic hydroxyl groups is 1. The molecule has 1 amide bonds. The Morgan fingerprint density at radius 2 is 2.15 bits per heavy atom. The number of nitrogens with one attached hydrogen (secondary N) is 1. The lowest BCUT2D eigenvalue weighted by Crippen LogP contribution is -2.26. The smallest absolute Gasteiger partial charge is 0.251 e. The second-order valence-corrected chi connectivity index (χ2v) is 5.39. The summed E-state index contributed by atoms with van der Waals surface area (Å²) >= 11 is 0. The summed E-state index contributed by atoms with van der Waals surface area (Å²) in [4.78, 5) is 12.0. The van der Waals surface area contributed by atoms with E-state index in [0.717, 1.165) is 12.0 Å². The molecule has 0 aromatic heterocycles. The number of phenols is 1. The molecule has 2 N–H and O–H groups in total. The van der Waals surface area contributed by atoms with Gasteiger partial charge in [0.15, 0.2) is 0 Å². The molecule has 1 aromatic rings. The van der Waals surface area contributed by atoms with Gasteiger partial charge in [-0.3, -0.25) is 4.79 Å². The molecule has 0 bridgehead atoms. The van der Waals surface area contributed by atoms with Gasteiger partial charge in [-0.05, 0) is 43.9 Å². The molecule has 1 aliphatic rings. The van der Waals surface area contributed by atoms with Crippen molar-refractivity contribution in [3.8, 4) is 5.75 Å². The highest BCUT2D eigenvalue weighted by atomic mass is 16.5. The number of carbonyl (C=O) groups excluding carboxylic acids is 1. The van der Waals surface area contributed by atoms with Gasteiger partial charge in [-0.15, -0.1) is 0 Å². The molecule has 0 heterocycles. The summed E-state index contributed by atoms with van der Waals surface area (Å²) in [6.45, 7) is 3.15. The van der Waals surface area contributed by atoms with Crippen LogP contribution in [0.2, 0.25) is 0 Å². The van der Waals surface area contributed by atoms with Crippen molar-refractivity contribution in [2.24, 2.45) is 0 Å². The molecule has 0 atom stereocenters. The van der Waals surface area contributed by atoms with Crippen molar-refractivity contribution in [3.63, 3.8) is 0 Å². The Kier molecular flexibility index (Phi) is 5.41. The van der Waals surface area contributed by atoms with Gasteiger partial charge < -0.3 is 15.2 Å². The van der Waals surface area contributed by atoms with E-state index in [4.69, 9.17) is 4.74 Å². The number of hydrogen-bond acceptors (Lipinski definition) is 3. The van der Waals surface area contributed by atoms with Crippen LogP contribution in [0.1, 0.15) is 48.0 Å². The quantitative estimate of drug-likeness (QED) is 0.786. The minimum absolute atomic E-state index is 0.116. The van der Waals surface area contributed by atoms with Crippen LogP contribution >= 0.6 is 0 Å². The predicted octanol–water partition coefficient (Wildman–Crippen LogP) is 2.78. The largest absolute Gasteiger partial charge is 0.508 e. The zero-order chi connectivity index (χ0) is 14.4. The number of ether oxygens (including phenoxy) is 1. The van der Waals surface area contributed by atoms with E-state index in [0.29, 0.717) is 24.8 Å². The number of aryl methyl sites for hydroxylation is 1. The van der Waals surface area contributed by atoms with E-state index in [-0.39, 0.29) is 11.7 Å². The minimum Gasteiger partial charge on any atom is -0.508 e. The average molecular weight is 277 g/mol. The molecule has 1 fully saturated rings. The van der Waals surface area contributed by atoms with Gasteiger partial charge in [-0.25, -0.2) is 0 Å². The molecule has 0 radical (unpaired) electrons. The number of rotatable bonds is 6. The first-order chi connectivity index (χ1) is 9.66. The average Bonchev–Trinajstić information content (AvgIpc) is 2.94. The highest BCUT2D eigenvalue weighted by molar-refractivity contribution is 5.95. The fraction of sp³-hybridized carbons (Fsp3) is 0.562. The van der Waals surface area contributed by atoms with E-state index in [1.165, 1.54) is 31.7 Å². The van der Waals surface area contributed by atoms with Gasteiger partial charge in [-0.1, -0.05) is 18.9 Å². The topological polar surface area (TPSA) is 58.6 Å². The summed E-state index contributed by atoms with van der Waals surface area (Å²) in [5, 5.41) is 12.3. The molecular weight excluding hydrogens is 254 g/mol. The molecule has 2 rings (SSSR count). The molecule has 1 aromatic carbocycles. The van der Waals surface area contributed by atoms with E-state index in [9.17, 15) is 9.90 Å². The molecule has 110 valence electrons. The summed E-state index contributed by atoms with van der Waals surface area (Å²) in [5.41, 5.74) is 1.39. The molecule has 0 spiro atoms. The standard InChI is InChI=1S/C16H23NO3/c1-12-7-8-13(18)11-15(12)16(19)17-9-4-10-20-14-5-2-3-6-14/h7-8,11,14,18H,2-6,9-10H2,1H3,(H,17,19). The van der Waals surface area contributed by atoms with Gasteiger partial charge in [0.2, 0.25) is 0 Å². The van der Waals surface area contributed by atoms with E-state index in [1.807, 2.05) is 6.92 Å². The minimum atomic E-state index is -0.140. The van der Waals surface area contributed by atoms with Gasteiger partial charge in [-0.2, -0.15) is 0 Å². The van der Waals surface area contributed by atoms with Gasteiger partial charge >= 0.3 is 0 Å². The van der Waals surface area contributed by atoms with Crippen molar-refractivity contribution in [3.05, 3.63) is 29.3 Å². The van der Waals surface area contributed by atoms with E-state index in [2.05, 4.69) is 5.32 Å². The van der Waals surface area contributed by atoms with Crippen LogP contribution < -0.4 is 5.32 Å². The summed E-state index contributed by atoms with van der Waals surface area (Å²) in [5.74, 6) is -0.0235. The number of carbonyl (C=O) groups is 1. The molecule has 1 saturated carbocycles. The van der Waals surface area contributed by atoms with Crippen molar-refractivity contribution in [2.75, 3.05) is 13.2 Å². The number of benzene rings is 1. The fourth-order valence-corrected chi connectivity index (χ4v) is 2.53. The maximum atomic E-state index is 12.0. The normalized spacial score (nSPS) is 15.4. The van der Waals surface area contributed by atoms with Crippen LogP contribution in [-0.2, 0) is 4.74 Å². The number of hydrogen-bond donors (Lipinski definition) is 2. The van der Waals surface area contributed by atoms with E-state index < -0.39 is 0 Å². The third kappa shape index (κ3) is 4.23. The molecule has 1 aliphatic carbocycles. The van der Waals surface area contributed by atoms with Crippen LogP contribution in [0, 0.1) is 6.92 Å². The Morgan fingerprint density at radius 1 is 1.40 bits per heavy atom. The fourth-order valence-electron chi connectivity index (χ4n) is 2.53. The molecule has 20 heavy (non-hydrogen) atoms. The van der Waals surface area contributed by atoms with E-state index >= 15 is 0 Å². The Hall–Kier alpha value is -1.55. The van der Waals surface area contributed by atoms with Gasteiger partial charge in [0.1, 0.15) is 5.75 Å². The Bertz CT molecular complexity index is 453. The summed E-state index contributed by atoms with van der Waals surface area (Å²) in [6.07, 6.45) is 6.15. The van der Waals surface area contributed by atoms with Crippen LogP contribution in [0.15, 0.2) is 18.2 Å². The van der Waals surface area contributed by atoms with Crippen LogP contribution in [-0.4, -0.2) is 30.3 Å². The Morgan fingerprint density at radius 3 is 2.90 bits per heavy atom. The lowest BCUT2D eigenvalue weighted by atomic mass is 10.1. The van der Waals surface area contributed by atoms with Crippen LogP contribution in [0.25, 0.3) is 0 Å². The number of amides is 1. The van der Waals surface area contributed by atoms with Crippen molar-refractivity contribution >= 4 is 5.91 Å². The van der Waals surface area contributed by atoms with Crippen LogP contribution in [0.4, 0.5) is 0 Å². The zero-order valence-electron chi connectivity index (χ0n) is 12.0. The summed E-state index contributed by atoms with van der Waals surface area (Å²) in [7, 11) is 0. The van der Waals surface area contributed by atoms with Crippen molar-refractivity contribution in [1.29, 1.82) is 0 Å². The maximum Gasteiger partial charge on any atom is 0.251 e. The lowest BCUT2D eigenvalue weighted by molar-refractivity contribution is 0.0565. The zero-order valence-corrected chi connectivity index (χ0v) is 12.0. The highest BCUT2D eigenvalue weighted by Gasteiger charge is 2.14. The first-order valence-electron chi connectivity index (χ1n) is 7.36. The first kappa shape index (κ1) is 14.9. The summed E-state index contributed by atoms with van der Waals surface area (Å²) < 4.78 is 5.74. The molecule has 0 unspecified atom stereocenters. The lowest BCUT2D eigenvalue weighted by Gasteiger charge is -2.11. The highest BCUT2D eigenvalue weighted by Crippen LogP contribution is 2.20. The molecular formula is C16H23NO3. The third-order valence-corrected chi connectivity index (χ3v) is 3.73. The van der Waals surface area contributed by atoms with Gasteiger partial charge in [0.25, 0.3) is 5.91 Å². The van der Waals surface area contributed by atoms with Gasteiger partial charge in [0.05, 0.1) is 6.10 Å². The predicted molar refractivity (Wildman–Crippen MR) is 78.0 cm³/mol. The Balaban J connectivity index is 1.68. The Labute approximate surface area is 120 Å². The molecule has 4 heteroatoms. The van der Waals surface area contributed by atoms with Crippen LogP contribution in [0.5, 0.6) is 5.75 Å². The molecule has 4 nitrogen and oxygen atoms in total. The first-order valence-corrected chi connectivity index (χ1v) is 7.36. The second kappa shape index (κ2) is 7.29. The van der Waals surface area contributed by atoms with Crippen LogP contribution in [0.3, 0.4) is 0 Å². The van der Waals surface area contributed by atoms with Crippen molar-refractivity contribution in [2.45, 2.75) is 45.1 Å². The summed E-state index contributed by atoms with van der Waals surface area (Å²) in [6, 6.07) is 4.83. The third-order valence-electron chi connectivity index (χ3n) is 3.73. The van der Waals surface area contributed by atoms with Crippen molar-refractivity contribution < 1.29 is 14.6 Å². The molecule has 0 saturated heterocycles. The maximum absolute atomic E-state index is 12.0. The second-order valence-electron chi connectivity index (χ2n) is 5.39. The number of phenolic OH excluding ortho intramolecular Hbond substituents is 1. The van der Waals surface area contributed by atoms with Crippen molar-refractivity contribution in [1.82, 2.24) is 5.32 Å². The van der Waals surface area contributed by atoms with Gasteiger partial charge in [0, 0.05) is 18.7 Å². The monoisotopic (exact) mass is 277 g/mol. The SMILES string of the molecule is Cc1ccc(O)cc1C(=O)NCCCOC1CCCC1. The van der Waals surface area contributed by atoms with E-state index in [1.54, 1.807) is 12.1 Å². The molecule has 0 aliphatic heterocycles.